The van der Waals surface area contributed by atoms with Crippen LogP contribution in [0.25, 0.3) is 0 Å². The van der Waals surface area contributed by atoms with Crippen molar-refractivity contribution in [3.8, 4) is 0 Å². The van der Waals surface area contributed by atoms with E-state index in [1.54, 1.807) is 0 Å². The second kappa shape index (κ2) is 8.67. The zero-order valence-electron chi connectivity index (χ0n) is 11.8. The largest absolute Gasteiger partial charge is 0.379 e. The van der Waals surface area contributed by atoms with Crippen molar-refractivity contribution in [3.63, 3.8) is 0 Å². The molecule has 0 aromatic heterocycles. The van der Waals surface area contributed by atoms with Gasteiger partial charge in [0.25, 0.3) is 0 Å². The Morgan fingerprint density at radius 2 is 2.00 bits per heavy atom. The molecule has 19 heavy (non-hydrogen) atoms. The summed E-state index contributed by atoms with van der Waals surface area (Å²) in [5.41, 5.74) is 6.48. The number of primary amides is 1. The summed E-state index contributed by atoms with van der Waals surface area (Å²) in [6.07, 6.45) is 1.15. The number of rotatable bonds is 9. The van der Waals surface area contributed by atoms with Gasteiger partial charge in [0, 0.05) is 19.7 Å². The topological polar surface area (TPSA) is 55.6 Å². The molecule has 0 atom stereocenters. The molecular formula is C15H24N2O2. The van der Waals surface area contributed by atoms with Crippen molar-refractivity contribution in [1.29, 1.82) is 0 Å². The third-order valence-electron chi connectivity index (χ3n) is 2.70. The number of nitrogens with two attached hydrogens (primary N) is 1. The third kappa shape index (κ3) is 7.59. The fourth-order valence-corrected chi connectivity index (χ4v) is 1.88. The van der Waals surface area contributed by atoms with Crippen molar-refractivity contribution in [1.82, 2.24) is 4.90 Å². The van der Waals surface area contributed by atoms with Gasteiger partial charge in [-0.25, -0.2) is 0 Å². The molecule has 0 spiro atoms. The average Bonchev–Trinajstić information content (AvgIpc) is 2.35. The summed E-state index contributed by atoms with van der Waals surface area (Å²) in [5.74, 6) is -0.291. The predicted molar refractivity (Wildman–Crippen MR) is 76.6 cm³/mol. The average molecular weight is 264 g/mol. The SMILES string of the molecule is CC(C)OCCCN(CC(N)=O)Cc1ccccc1. The lowest BCUT2D eigenvalue weighted by Gasteiger charge is -2.21. The van der Waals surface area contributed by atoms with Gasteiger partial charge in [0.15, 0.2) is 0 Å². The van der Waals surface area contributed by atoms with Crippen LogP contribution in [0.1, 0.15) is 25.8 Å². The first kappa shape index (κ1) is 15.7. The molecule has 0 saturated heterocycles. The van der Waals surface area contributed by atoms with Crippen molar-refractivity contribution < 1.29 is 9.53 Å². The minimum atomic E-state index is -0.291. The number of hydrogen-bond acceptors (Lipinski definition) is 3. The molecule has 1 aromatic carbocycles. The van der Waals surface area contributed by atoms with Gasteiger partial charge in [-0.1, -0.05) is 30.3 Å². The Hall–Kier alpha value is -1.39. The van der Waals surface area contributed by atoms with Gasteiger partial charge in [0.1, 0.15) is 0 Å². The minimum absolute atomic E-state index is 0.249. The molecule has 1 amide bonds. The van der Waals surface area contributed by atoms with E-state index in [0.717, 1.165) is 19.5 Å². The first-order chi connectivity index (χ1) is 9.08. The van der Waals surface area contributed by atoms with Gasteiger partial charge in [-0.3, -0.25) is 9.69 Å². The van der Waals surface area contributed by atoms with E-state index in [1.165, 1.54) is 5.56 Å². The molecule has 4 nitrogen and oxygen atoms in total. The van der Waals surface area contributed by atoms with Crippen LogP contribution in [0.5, 0.6) is 0 Å². The van der Waals surface area contributed by atoms with Crippen LogP contribution < -0.4 is 5.73 Å². The fourth-order valence-electron chi connectivity index (χ4n) is 1.88. The molecule has 0 fully saturated rings. The number of carbonyl (C=O) groups is 1. The Labute approximate surface area is 115 Å². The lowest BCUT2D eigenvalue weighted by atomic mass is 10.2. The van der Waals surface area contributed by atoms with Crippen LogP contribution >= 0.6 is 0 Å². The number of benzene rings is 1. The highest BCUT2D eigenvalue weighted by Crippen LogP contribution is 2.05. The molecule has 1 rings (SSSR count). The molecule has 0 unspecified atom stereocenters. The van der Waals surface area contributed by atoms with Crippen LogP contribution in [-0.2, 0) is 16.1 Å². The van der Waals surface area contributed by atoms with Crippen LogP contribution in [0.3, 0.4) is 0 Å². The maximum atomic E-state index is 11.1. The molecule has 2 N–H and O–H groups in total. The molecule has 1 aromatic rings. The van der Waals surface area contributed by atoms with Gasteiger partial charge in [0.05, 0.1) is 12.6 Å². The Morgan fingerprint density at radius 1 is 1.32 bits per heavy atom. The van der Waals surface area contributed by atoms with Crippen LogP contribution in [-0.4, -0.2) is 36.6 Å². The number of amides is 1. The summed E-state index contributed by atoms with van der Waals surface area (Å²) < 4.78 is 5.50. The van der Waals surface area contributed by atoms with Crippen LogP contribution in [0.4, 0.5) is 0 Å². The van der Waals surface area contributed by atoms with Crippen molar-refractivity contribution >= 4 is 5.91 Å². The van der Waals surface area contributed by atoms with Crippen molar-refractivity contribution in [3.05, 3.63) is 35.9 Å². The molecule has 4 heteroatoms. The maximum Gasteiger partial charge on any atom is 0.231 e. The lowest BCUT2D eigenvalue weighted by Crippen LogP contribution is -2.34. The van der Waals surface area contributed by atoms with Gasteiger partial charge < -0.3 is 10.5 Å². The predicted octanol–water partition coefficient (Wildman–Crippen LogP) is 1.79. The molecule has 0 heterocycles. The van der Waals surface area contributed by atoms with Crippen molar-refractivity contribution in [2.45, 2.75) is 32.9 Å². The molecule has 0 aliphatic rings. The quantitative estimate of drug-likeness (QED) is 0.692. The summed E-state index contributed by atoms with van der Waals surface area (Å²) in [5, 5.41) is 0. The summed E-state index contributed by atoms with van der Waals surface area (Å²) in [6, 6.07) is 10.1. The van der Waals surface area contributed by atoms with E-state index in [2.05, 4.69) is 17.0 Å². The molecule has 0 bridgehead atoms. The van der Waals surface area contributed by atoms with E-state index in [-0.39, 0.29) is 18.6 Å². The highest BCUT2D eigenvalue weighted by atomic mass is 16.5. The number of carbonyl (C=O) groups excluding carboxylic acids is 1. The van der Waals surface area contributed by atoms with E-state index >= 15 is 0 Å². The summed E-state index contributed by atoms with van der Waals surface area (Å²) >= 11 is 0. The Kier molecular flexibility index (Phi) is 7.15. The van der Waals surface area contributed by atoms with E-state index in [1.807, 2.05) is 32.0 Å². The number of hydrogen-bond donors (Lipinski definition) is 1. The second-order valence-electron chi connectivity index (χ2n) is 4.94. The summed E-state index contributed by atoms with van der Waals surface area (Å²) in [7, 11) is 0. The van der Waals surface area contributed by atoms with E-state index in [0.29, 0.717) is 6.61 Å². The smallest absolute Gasteiger partial charge is 0.231 e. The second-order valence-corrected chi connectivity index (χ2v) is 4.94. The van der Waals surface area contributed by atoms with Gasteiger partial charge in [-0.05, 0) is 25.8 Å². The molecule has 106 valence electrons. The van der Waals surface area contributed by atoms with Crippen LogP contribution in [0.2, 0.25) is 0 Å². The first-order valence-corrected chi connectivity index (χ1v) is 6.74. The Balaban J connectivity index is 2.41. The normalized spacial score (nSPS) is 11.2. The molecule has 0 radical (unpaired) electrons. The van der Waals surface area contributed by atoms with E-state index in [4.69, 9.17) is 10.5 Å². The van der Waals surface area contributed by atoms with E-state index in [9.17, 15) is 4.79 Å². The molecular weight excluding hydrogens is 240 g/mol. The number of ether oxygens (including phenoxy) is 1. The molecule has 0 aliphatic heterocycles. The summed E-state index contributed by atoms with van der Waals surface area (Å²) in [6.45, 7) is 6.59. The van der Waals surface area contributed by atoms with Gasteiger partial charge in [0.2, 0.25) is 5.91 Å². The van der Waals surface area contributed by atoms with E-state index < -0.39 is 0 Å². The van der Waals surface area contributed by atoms with Crippen molar-refractivity contribution in [2.75, 3.05) is 19.7 Å². The summed E-state index contributed by atoms with van der Waals surface area (Å²) in [4.78, 5) is 13.1. The standard InChI is InChI=1S/C15H24N2O2/c1-13(2)19-10-6-9-17(12-15(16)18)11-14-7-4-3-5-8-14/h3-5,7-8,13H,6,9-12H2,1-2H3,(H2,16,18). The van der Waals surface area contributed by atoms with Gasteiger partial charge in [-0.15, -0.1) is 0 Å². The minimum Gasteiger partial charge on any atom is -0.379 e. The first-order valence-electron chi connectivity index (χ1n) is 6.74. The third-order valence-corrected chi connectivity index (χ3v) is 2.70. The Morgan fingerprint density at radius 3 is 2.58 bits per heavy atom. The lowest BCUT2D eigenvalue weighted by molar-refractivity contribution is -0.119. The fraction of sp³-hybridized carbons (Fsp3) is 0.533. The zero-order chi connectivity index (χ0) is 14.1. The highest BCUT2D eigenvalue weighted by molar-refractivity contribution is 5.75. The molecule has 0 saturated carbocycles. The van der Waals surface area contributed by atoms with Crippen molar-refractivity contribution in [2.24, 2.45) is 5.73 Å². The van der Waals surface area contributed by atoms with Crippen LogP contribution in [0, 0.1) is 0 Å². The highest BCUT2D eigenvalue weighted by Gasteiger charge is 2.09. The van der Waals surface area contributed by atoms with Crippen LogP contribution in [0.15, 0.2) is 30.3 Å². The molecule has 0 aliphatic carbocycles. The maximum absolute atomic E-state index is 11.1. The zero-order valence-corrected chi connectivity index (χ0v) is 11.8. The van der Waals surface area contributed by atoms with Gasteiger partial charge >= 0.3 is 0 Å². The monoisotopic (exact) mass is 264 g/mol. The Bertz CT molecular complexity index is 366. The van der Waals surface area contributed by atoms with Gasteiger partial charge in [-0.2, -0.15) is 0 Å². The number of nitrogens with zero attached hydrogens (tertiary/aromatic N) is 1.